The van der Waals surface area contributed by atoms with Gasteiger partial charge in [0, 0.05) is 17.7 Å². The third-order valence-corrected chi connectivity index (χ3v) is 5.24. The molecule has 1 aromatic heterocycles. The molecule has 3 aromatic rings. The van der Waals surface area contributed by atoms with Crippen LogP contribution in [0.1, 0.15) is 24.0 Å². The number of ether oxygens (including phenoxy) is 5. The van der Waals surface area contributed by atoms with Gasteiger partial charge in [0.1, 0.15) is 28.6 Å². The van der Waals surface area contributed by atoms with Gasteiger partial charge in [-0.25, -0.2) is 9.59 Å². The van der Waals surface area contributed by atoms with E-state index < -0.39 is 23.6 Å². The van der Waals surface area contributed by atoms with Crippen molar-refractivity contribution in [3.63, 3.8) is 0 Å². The van der Waals surface area contributed by atoms with Crippen molar-refractivity contribution < 1.29 is 32.9 Å². The lowest BCUT2D eigenvalue weighted by atomic mass is 9.87. The van der Waals surface area contributed by atoms with Crippen molar-refractivity contribution in [2.24, 2.45) is 0 Å². The van der Waals surface area contributed by atoms with Crippen LogP contribution in [-0.4, -0.2) is 40.0 Å². The van der Waals surface area contributed by atoms with Gasteiger partial charge in [0.05, 0.1) is 44.8 Å². The summed E-state index contributed by atoms with van der Waals surface area (Å²) in [7, 11) is 4.48. The quantitative estimate of drug-likeness (QED) is 0.438. The maximum atomic E-state index is 13.1. The average molecular weight is 426 g/mol. The van der Waals surface area contributed by atoms with Crippen LogP contribution in [0.25, 0.3) is 11.0 Å². The molecule has 1 aliphatic rings. The highest BCUT2D eigenvalue weighted by atomic mass is 16.6. The molecule has 1 aliphatic heterocycles. The fourth-order valence-corrected chi connectivity index (χ4v) is 3.92. The molecule has 0 aliphatic carbocycles. The second-order valence-electron chi connectivity index (χ2n) is 6.84. The molecule has 0 N–H and O–H groups in total. The van der Waals surface area contributed by atoms with Crippen LogP contribution in [0.4, 0.5) is 0 Å². The van der Waals surface area contributed by atoms with Crippen LogP contribution in [0.5, 0.6) is 23.0 Å². The van der Waals surface area contributed by atoms with Crippen molar-refractivity contribution in [1.82, 2.24) is 0 Å². The molecule has 2 aromatic carbocycles. The monoisotopic (exact) mass is 426 g/mol. The van der Waals surface area contributed by atoms with Crippen molar-refractivity contribution in [2.45, 2.75) is 18.9 Å². The van der Waals surface area contributed by atoms with E-state index >= 15 is 0 Å². The minimum absolute atomic E-state index is 0.161. The maximum Gasteiger partial charge on any atom is 0.348 e. The van der Waals surface area contributed by atoms with Gasteiger partial charge in [-0.05, 0) is 19.1 Å². The number of esters is 1. The summed E-state index contributed by atoms with van der Waals surface area (Å²) in [6.45, 7) is 1.86. The first-order valence-corrected chi connectivity index (χ1v) is 9.72. The van der Waals surface area contributed by atoms with E-state index in [1.165, 1.54) is 21.3 Å². The van der Waals surface area contributed by atoms with Crippen LogP contribution in [-0.2, 0) is 9.53 Å². The topological polar surface area (TPSA) is 93.4 Å². The number of methoxy groups -OCH3 is 3. The second-order valence-corrected chi connectivity index (χ2v) is 6.84. The van der Waals surface area contributed by atoms with E-state index in [4.69, 9.17) is 28.1 Å². The number of rotatable bonds is 6. The molecule has 0 radical (unpaired) electrons. The molecule has 2 heterocycles. The van der Waals surface area contributed by atoms with E-state index in [-0.39, 0.29) is 17.9 Å². The number of hydrogen-bond donors (Lipinski definition) is 0. The lowest BCUT2D eigenvalue weighted by Gasteiger charge is -2.22. The summed E-state index contributed by atoms with van der Waals surface area (Å²) in [5.74, 6) is 0.0569. The highest BCUT2D eigenvalue weighted by molar-refractivity contribution is 5.89. The van der Waals surface area contributed by atoms with E-state index in [9.17, 15) is 9.59 Å². The summed E-state index contributed by atoms with van der Waals surface area (Å²) >= 11 is 0. The Kier molecular flexibility index (Phi) is 5.46. The molecule has 162 valence electrons. The first-order valence-electron chi connectivity index (χ1n) is 9.72. The number of carbonyl (C=O) groups is 1. The molecule has 31 heavy (non-hydrogen) atoms. The molecular weight excluding hydrogens is 404 g/mol. The first kappa shape index (κ1) is 20.6. The van der Waals surface area contributed by atoms with Gasteiger partial charge in [0.25, 0.3) is 0 Å². The fraction of sp³-hybridized carbons (Fsp3) is 0.304. The highest BCUT2D eigenvalue weighted by Gasteiger charge is 2.47. The van der Waals surface area contributed by atoms with Gasteiger partial charge in [-0.2, -0.15) is 0 Å². The Labute approximate surface area is 178 Å². The zero-order valence-electron chi connectivity index (χ0n) is 17.6. The van der Waals surface area contributed by atoms with Gasteiger partial charge in [-0.3, -0.25) is 0 Å². The molecule has 0 fully saturated rings. The van der Waals surface area contributed by atoms with E-state index in [2.05, 4.69) is 0 Å². The predicted octanol–water partition coefficient (Wildman–Crippen LogP) is 3.27. The molecule has 8 heteroatoms. The van der Waals surface area contributed by atoms with Gasteiger partial charge in [-0.1, -0.05) is 12.1 Å². The number of para-hydroxylation sites is 1. The lowest BCUT2D eigenvalue weighted by molar-refractivity contribution is -0.151. The standard InChI is InChI=1S/C23H22O8/c1-5-29-23(25)21-18(17-15(27-3)10-12(26-2)11-16(17)28-4)19-20(31-21)13-8-6-7-9-14(13)30-22(19)24/h6-11,18,21H,5H2,1-4H3/t18-,21+/m1/s1. The molecule has 0 saturated heterocycles. The van der Waals surface area contributed by atoms with E-state index in [1.807, 2.05) is 0 Å². The Hall–Kier alpha value is -3.68. The van der Waals surface area contributed by atoms with Crippen LogP contribution in [0.15, 0.2) is 45.6 Å². The van der Waals surface area contributed by atoms with Gasteiger partial charge >= 0.3 is 11.6 Å². The summed E-state index contributed by atoms with van der Waals surface area (Å²) in [5, 5.41) is 0.584. The summed E-state index contributed by atoms with van der Waals surface area (Å²) in [6.07, 6.45) is -1.13. The average Bonchev–Trinajstić information content (AvgIpc) is 3.19. The van der Waals surface area contributed by atoms with Crippen molar-refractivity contribution in [2.75, 3.05) is 27.9 Å². The minimum atomic E-state index is -1.13. The molecule has 0 saturated carbocycles. The molecule has 2 atom stereocenters. The van der Waals surface area contributed by atoms with E-state index in [0.717, 1.165) is 0 Å². The third kappa shape index (κ3) is 3.34. The van der Waals surface area contributed by atoms with E-state index in [1.54, 1.807) is 43.3 Å². The zero-order valence-corrected chi connectivity index (χ0v) is 17.6. The minimum Gasteiger partial charge on any atom is -0.496 e. The van der Waals surface area contributed by atoms with Crippen LogP contribution in [0.2, 0.25) is 0 Å². The fourth-order valence-electron chi connectivity index (χ4n) is 3.92. The molecular formula is C23H22O8. The van der Waals surface area contributed by atoms with Gasteiger partial charge < -0.3 is 28.1 Å². The largest absolute Gasteiger partial charge is 0.496 e. The third-order valence-electron chi connectivity index (χ3n) is 5.24. The maximum absolute atomic E-state index is 13.1. The van der Waals surface area contributed by atoms with Crippen LogP contribution in [0.3, 0.4) is 0 Å². The molecule has 0 spiro atoms. The zero-order chi connectivity index (χ0) is 22.1. The van der Waals surface area contributed by atoms with Gasteiger partial charge in [0.15, 0.2) is 0 Å². The highest BCUT2D eigenvalue weighted by Crippen LogP contribution is 2.50. The van der Waals surface area contributed by atoms with Crippen molar-refractivity contribution in [3.05, 3.63) is 57.9 Å². The number of benzene rings is 2. The van der Waals surface area contributed by atoms with Crippen molar-refractivity contribution in [1.29, 1.82) is 0 Å². The second kappa shape index (κ2) is 8.22. The Morgan fingerprint density at radius 3 is 2.29 bits per heavy atom. The number of carbonyl (C=O) groups excluding carboxylic acids is 1. The first-order chi connectivity index (χ1) is 15.0. The Morgan fingerprint density at radius 2 is 1.68 bits per heavy atom. The molecule has 0 amide bonds. The Bertz CT molecular complexity index is 1170. The summed E-state index contributed by atoms with van der Waals surface area (Å²) in [6, 6.07) is 10.3. The van der Waals surface area contributed by atoms with Gasteiger partial charge in [-0.15, -0.1) is 0 Å². The van der Waals surface area contributed by atoms with E-state index in [0.29, 0.717) is 33.8 Å². The summed E-state index contributed by atoms with van der Waals surface area (Å²) < 4.78 is 33.3. The summed E-state index contributed by atoms with van der Waals surface area (Å²) in [4.78, 5) is 25.9. The number of fused-ring (bicyclic) bond motifs is 3. The smallest absolute Gasteiger partial charge is 0.348 e. The molecule has 0 unspecified atom stereocenters. The Balaban J connectivity index is 2.03. The number of hydrogen-bond acceptors (Lipinski definition) is 8. The van der Waals surface area contributed by atoms with Crippen molar-refractivity contribution in [3.8, 4) is 23.0 Å². The van der Waals surface area contributed by atoms with Crippen LogP contribution >= 0.6 is 0 Å². The molecule has 0 bridgehead atoms. The lowest BCUT2D eigenvalue weighted by Crippen LogP contribution is -2.33. The van der Waals surface area contributed by atoms with Crippen LogP contribution < -0.4 is 24.6 Å². The SMILES string of the molecule is CCOC(=O)[C@H]1Oc2c(c(=O)oc3ccccc23)[C@H]1c1c(OC)cc(OC)cc1OC. The molecule has 4 rings (SSSR count). The van der Waals surface area contributed by atoms with Gasteiger partial charge in [0.2, 0.25) is 6.10 Å². The predicted molar refractivity (Wildman–Crippen MR) is 111 cm³/mol. The normalized spacial score (nSPS) is 17.0. The van der Waals surface area contributed by atoms with Crippen molar-refractivity contribution >= 4 is 16.9 Å². The van der Waals surface area contributed by atoms with Crippen LogP contribution in [0, 0.1) is 0 Å². The molecule has 8 nitrogen and oxygen atoms in total. The summed E-state index contributed by atoms with van der Waals surface area (Å²) in [5.41, 5.74) is 0.428. The Morgan fingerprint density at radius 1 is 1.00 bits per heavy atom.